The van der Waals surface area contributed by atoms with E-state index in [1.807, 2.05) is 0 Å². The van der Waals surface area contributed by atoms with Gasteiger partial charge in [0.15, 0.2) is 0 Å². The van der Waals surface area contributed by atoms with Crippen molar-refractivity contribution in [3.63, 3.8) is 0 Å². The van der Waals surface area contributed by atoms with E-state index in [0.717, 1.165) is 13.0 Å². The number of nitrogens with one attached hydrogen (secondary N) is 1. The molecule has 0 aliphatic carbocycles. The minimum atomic E-state index is -1.08. The number of carbonyl (C=O) groups excluding carboxylic acids is 1. The lowest BCUT2D eigenvalue weighted by atomic mass is 9.66. The maximum atomic E-state index is 12.0. The summed E-state index contributed by atoms with van der Waals surface area (Å²) in [7, 11) is 1.37. The van der Waals surface area contributed by atoms with Crippen molar-refractivity contribution in [2.24, 2.45) is 5.41 Å². The molecule has 0 spiro atoms. The predicted molar refractivity (Wildman–Crippen MR) is 56.9 cm³/mol. The smallest absolute Gasteiger partial charge is 0.316 e. The van der Waals surface area contributed by atoms with E-state index in [-0.39, 0.29) is 12.6 Å². The van der Waals surface area contributed by atoms with Gasteiger partial charge in [-0.05, 0) is 19.4 Å². The Bertz CT molecular complexity index is 267. The van der Waals surface area contributed by atoms with Crippen LogP contribution in [0.2, 0.25) is 0 Å². The standard InChI is InChI=1S/C11H19NO4/c1-15-9(13)10(3-2-5-12-7-10)11(14)4-6-16-8-11/h12,14H,2-8H2,1H3. The lowest BCUT2D eigenvalue weighted by Crippen LogP contribution is -2.61. The Balaban J connectivity index is 2.28. The summed E-state index contributed by atoms with van der Waals surface area (Å²) >= 11 is 0. The van der Waals surface area contributed by atoms with Gasteiger partial charge in [-0.1, -0.05) is 0 Å². The number of methoxy groups -OCH3 is 1. The van der Waals surface area contributed by atoms with Gasteiger partial charge in [0.2, 0.25) is 0 Å². The van der Waals surface area contributed by atoms with Gasteiger partial charge in [-0.25, -0.2) is 0 Å². The molecule has 2 heterocycles. The van der Waals surface area contributed by atoms with E-state index < -0.39 is 11.0 Å². The first-order valence-corrected chi connectivity index (χ1v) is 5.74. The van der Waals surface area contributed by atoms with Crippen LogP contribution in [-0.2, 0) is 14.3 Å². The van der Waals surface area contributed by atoms with Gasteiger partial charge < -0.3 is 19.9 Å². The molecule has 2 atom stereocenters. The fourth-order valence-electron chi connectivity index (χ4n) is 2.79. The van der Waals surface area contributed by atoms with Crippen LogP contribution in [0, 0.1) is 5.41 Å². The molecule has 0 amide bonds. The van der Waals surface area contributed by atoms with E-state index in [1.54, 1.807) is 0 Å². The molecule has 2 aliphatic rings. The van der Waals surface area contributed by atoms with Crippen LogP contribution in [0.1, 0.15) is 19.3 Å². The van der Waals surface area contributed by atoms with Crippen LogP contribution in [0.5, 0.6) is 0 Å². The van der Waals surface area contributed by atoms with Gasteiger partial charge in [0.25, 0.3) is 0 Å². The Kier molecular flexibility index (Phi) is 3.19. The molecule has 2 unspecified atom stereocenters. The predicted octanol–water partition coefficient (Wildman–Crippen LogP) is -0.319. The number of hydrogen-bond donors (Lipinski definition) is 2. The van der Waals surface area contributed by atoms with E-state index in [9.17, 15) is 9.90 Å². The number of esters is 1. The summed E-state index contributed by atoms with van der Waals surface area (Å²) in [6.07, 6.45) is 2.04. The molecule has 2 aliphatic heterocycles. The molecule has 0 aromatic carbocycles. The topological polar surface area (TPSA) is 67.8 Å². The molecule has 0 radical (unpaired) electrons. The van der Waals surface area contributed by atoms with Crippen LogP contribution in [0.25, 0.3) is 0 Å². The zero-order valence-corrected chi connectivity index (χ0v) is 9.62. The average Bonchev–Trinajstić information content (AvgIpc) is 2.77. The van der Waals surface area contributed by atoms with Crippen molar-refractivity contribution < 1.29 is 19.4 Å². The van der Waals surface area contributed by atoms with Crippen molar-refractivity contribution in [3.05, 3.63) is 0 Å². The number of carbonyl (C=O) groups is 1. The molecule has 0 bridgehead atoms. The first-order valence-electron chi connectivity index (χ1n) is 5.74. The highest BCUT2D eigenvalue weighted by molar-refractivity contribution is 5.79. The van der Waals surface area contributed by atoms with Gasteiger partial charge in [-0.2, -0.15) is 0 Å². The summed E-state index contributed by atoms with van der Waals surface area (Å²) in [6, 6.07) is 0. The summed E-state index contributed by atoms with van der Waals surface area (Å²) in [6.45, 7) is 2.09. The second-order valence-electron chi connectivity index (χ2n) is 4.69. The first-order chi connectivity index (χ1) is 7.65. The number of ether oxygens (including phenoxy) is 2. The molecule has 0 aromatic rings. The number of aliphatic hydroxyl groups is 1. The van der Waals surface area contributed by atoms with Crippen molar-refractivity contribution in [2.45, 2.75) is 24.9 Å². The van der Waals surface area contributed by atoms with Crippen molar-refractivity contribution in [1.82, 2.24) is 5.32 Å². The number of piperidine rings is 1. The van der Waals surface area contributed by atoms with E-state index in [1.165, 1.54) is 7.11 Å². The molecular formula is C11H19NO4. The zero-order chi connectivity index (χ0) is 11.6. The van der Waals surface area contributed by atoms with E-state index in [4.69, 9.17) is 9.47 Å². The molecule has 5 heteroatoms. The normalized spacial score (nSPS) is 39.6. The highest BCUT2D eigenvalue weighted by Gasteiger charge is 2.58. The third-order valence-corrected chi connectivity index (χ3v) is 3.85. The molecule has 92 valence electrons. The van der Waals surface area contributed by atoms with Crippen LogP contribution >= 0.6 is 0 Å². The van der Waals surface area contributed by atoms with Crippen LogP contribution in [0.4, 0.5) is 0 Å². The van der Waals surface area contributed by atoms with Crippen molar-refractivity contribution in [1.29, 1.82) is 0 Å². The summed E-state index contributed by atoms with van der Waals surface area (Å²) in [5.41, 5.74) is -1.91. The molecule has 0 aromatic heterocycles. The molecule has 2 fully saturated rings. The molecule has 2 saturated heterocycles. The molecule has 0 saturated carbocycles. The van der Waals surface area contributed by atoms with Gasteiger partial charge >= 0.3 is 5.97 Å². The van der Waals surface area contributed by atoms with E-state index in [2.05, 4.69) is 5.32 Å². The number of hydrogen-bond acceptors (Lipinski definition) is 5. The fraction of sp³-hybridized carbons (Fsp3) is 0.909. The molecule has 2 N–H and O–H groups in total. The minimum absolute atomic E-state index is 0.226. The maximum absolute atomic E-state index is 12.0. The lowest BCUT2D eigenvalue weighted by molar-refractivity contribution is -0.176. The van der Waals surface area contributed by atoms with E-state index in [0.29, 0.717) is 26.0 Å². The summed E-state index contributed by atoms with van der Waals surface area (Å²) < 4.78 is 10.1. The third-order valence-electron chi connectivity index (χ3n) is 3.85. The monoisotopic (exact) mass is 229 g/mol. The van der Waals surface area contributed by atoms with Crippen LogP contribution in [-0.4, -0.2) is 50.1 Å². The quantitative estimate of drug-likeness (QED) is 0.635. The van der Waals surface area contributed by atoms with Gasteiger partial charge in [-0.15, -0.1) is 0 Å². The van der Waals surface area contributed by atoms with Crippen molar-refractivity contribution in [2.75, 3.05) is 33.4 Å². The Morgan fingerprint density at radius 3 is 2.81 bits per heavy atom. The Hall–Kier alpha value is -0.650. The third kappa shape index (κ3) is 1.63. The zero-order valence-electron chi connectivity index (χ0n) is 9.62. The molecule has 5 nitrogen and oxygen atoms in total. The highest BCUT2D eigenvalue weighted by Crippen LogP contribution is 2.43. The Labute approximate surface area is 95.1 Å². The largest absolute Gasteiger partial charge is 0.468 e. The Morgan fingerprint density at radius 2 is 2.31 bits per heavy atom. The lowest BCUT2D eigenvalue weighted by Gasteiger charge is -2.44. The van der Waals surface area contributed by atoms with Gasteiger partial charge in [0.1, 0.15) is 11.0 Å². The number of rotatable bonds is 2. The van der Waals surface area contributed by atoms with Crippen LogP contribution < -0.4 is 5.32 Å². The first kappa shape index (κ1) is 11.8. The summed E-state index contributed by atoms with van der Waals surface area (Å²) in [4.78, 5) is 12.0. The summed E-state index contributed by atoms with van der Waals surface area (Å²) in [5, 5.41) is 13.8. The van der Waals surface area contributed by atoms with Gasteiger partial charge in [0, 0.05) is 19.6 Å². The van der Waals surface area contributed by atoms with Crippen LogP contribution in [0.15, 0.2) is 0 Å². The molecule has 2 rings (SSSR count). The van der Waals surface area contributed by atoms with Crippen LogP contribution in [0.3, 0.4) is 0 Å². The summed E-state index contributed by atoms with van der Waals surface area (Å²) in [5.74, 6) is -0.326. The Morgan fingerprint density at radius 1 is 1.50 bits per heavy atom. The van der Waals surface area contributed by atoms with Gasteiger partial charge in [0.05, 0.1) is 13.7 Å². The minimum Gasteiger partial charge on any atom is -0.468 e. The van der Waals surface area contributed by atoms with E-state index >= 15 is 0 Å². The van der Waals surface area contributed by atoms with Crippen molar-refractivity contribution in [3.8, 4) is 0 Å². The second kappa shape index (κ2) is 4.31. The maximum Gasteiger partial charge on any atom is 0.316 e. The molecule has 16 heavy (non-hydrogen) atoms. The highest BCUT2D eigenvalue weighted by atomic mass is 16.5. The van der Waals surface area contributed by atoms with Crippen molar-refractivity contribution >= 4 is 5.97 Å². The SMILES string of the molecule is COC(=O)C1(C2(O)CCOC2)CCCNC1. The second-order valence-corrected chi connectivity index (χ2v) is 4.69. The average molecular weight is 229 g/mol. The fourth-order valence-corrected chi connectivity index (χ4v) is 2.79. The molecular weight excluding hydrogens is 210 g/mol. The van der Waals surface area contributed by atoms with Gasteiger partial charge in [-0.3, -0.25) is 4.79 Å².